The second-order valence-corrected chi connectivity index (χ2v) is 9.11. The maximum Gasteiger partial charge on any atom is 0.287 e. The average Bonchev–Trinajstić information content (AvgIpc) is 3.27. The molecule has 2 aromatic carbocycles. The summed E-state index contributed by atoms with van der Waals surface area (Å²) in [6.45, 7) is 1.03. The van der Waals surface area contributed by atoms with Crippen molar-refractivity contribution in [3.8, 4) is 11.5 Å². The standard InChI is InChI=1S/C23H18N2O6S/c26-23(21-11-16-7-8-24-14-22(16)31-21)25-13-15-1-3-17(4-2-15)32(27,28)18-5-6-19-20(12-18)30-10-9-29-19/h1-8,11-12,14H,9-10,13H2,(H,25,26). The minimum atomic E-state index is -3.72. The Labute approximate surface area is 183 Å². The van der Waals surface area contributed by atoms with E-state index in [1.807, 2.05) is 0 Å². The second-order valence-electron chi connectivity index (χ2n) is 7.16. The third kappa shape index (κ3) is 3.78. The van der Waals surface area contributed by atoms with E-state index >= 15 is 0 Å². The van der Waals surface area contributed by atoms with E-state index in [0.29, 0.717) is 30.3 Å². The largest absolute Gasteiger partial charge is 0.486 e. The molecule has 2 aromatic heterocycles. The molecule has 0 aliphatic carbocycles. The molecule has 0 atom stereocenters. The SMILES string of the molecule is O=C(NCc1ccc(S(=O)(=O)c2ccc3c(c2)OCCO3)cc1)c1cc2ccncc2o1. The Kier molecular flexibility index (Phi) is 5.02. The molecule has 0 bridgehead atoms. The zero-order valence-corrected chi connectivity index (χ0v) is 17.6. The van der Waals surface area contributed by atoms with E-state index in [9.17, 15) is 13.2 Å². The van der Waals surface area contributed by atoms with E-state index < -0.39 is 9.84 Å². The molecule has 3 heterocycles. The van der Waals surface area contributed by atoms with E-state index in [0.717, 1.165) is 10.9 Å². The zero-order chi connectivity index (χ0) is 22.1. The van der Waals surface area contributed by atoms with Crippen LogP contribution < -0.4 is 14.8 Å². The van der Waals surface area contributed by atoms with Gasteiger partial charge in [-0.15, -0.1) is 0 Å². The summed E-state index contributed by atoms with van der Waals surface area (Å²) in [7, 11) is -3.72. The van der Waals surface area contributed by atoms with Crippen LogP contribution in [0.4, 0.5) is 0 Å². The van der Waals surface area contributed by atoms with Gasteiger partial charge in [0, 0.05) is 24.2 Å². The lowest BCUT2D eigenvalue weighted by molar-refractivity contribution is 0.0925. The van der Waals surface area contributed by atoms with Crippen LogP contribution in [0.25, 0.3) is 11.0 Å². The van der Waals surface area contributed by atoms with E-state index in [4.69, 9.17) is 13.9 Å². The van der Waals surface area contributed by atoms with E-state index in [1.54, 1.807) is 42.7 Å². The Morgan fingerprint density at radius 2 is 1.69 bits per heavy atom. The van der Waals surface area contributed by atoms with E-state index in [1.165, 1.54) is 24.3 Å². The average molecular weight is 450 g/mol. The number of furan rings is 1. The first-order valence-electron chi connectivity index (χ1n) is 9.86. The summed E-state index contributed by atoms with van der Waals surface area (Å²) in [4.78, 5) is 16.6. The van der Waals surface area contributed by atoms with Crippen LogP contribution in [-0.2, 0) is 16.4 Å². The third-order valence-corrected chi connectivity index (χ3v) is 6.82. The number of amides is 1. The molecule has 0 saturated heterocycles. The predicted molar refractivity (Wildman–Crippen MR) is 115 cm³/mol. The molecule has 162 valence electrons. The number of sulfone groups is 1. The van der Waals surface area contributed by atoms with Gasteiger partial charge < -0.3 is 19.2 Å². The molecule has 0 saturated carbocycles. The van der Waals surface area contributed by atoms with Crippen LogP contribution in [-0.4, -0.2) is 32.5 Å². The highest BCUT2D eigenvalue weighted by molar-refractivity contribution is 7.91. The highest BCUT2D eigenvalue weighted by Gasteiger charge is 2.21. The van der Waals surface area contributed by atoms with Gasteiger partial charge in [-0.2, -0.15) is 0 Å². The molecule has 0 spiro atoms. The molecule has 8 nitrogen and oxygen atoms in total. The lowest BCUT2D eigenvalue weighted by Gasteiger charge is -2.18. The maximum atomic E-state index is 13.0. The Bertz CT molecular complexity index is 1380. The number of hydrogen-bond donors (Lipinski definition) is 1. The van der Waals surface area contributed by atoms with Gasteiger partial charge in [-0.3, -0.25) is 9.78 Å². The van der Waals surface area contributed by atoms with Crippen LogP contribution in [0, 0.1) is 0 Å². The van der Waals surface area contributed by atoms with Gasteiger partial charge in [0.1, 0.15) is 13.2 Å². The minimum absolute atomic E-state index is 0.127. The van der Waals surface area contributed by atoms with Crippen LogP contribution in [0.5, 0.6) is 11.5 Å². The summed E-state index contributed by atoms with van der Waals surface area (Å²) in [6.07, 6.45) is 3.17. The molecule has 1 amide bonds. The van der Waals surface area contributed by atoms with Crippen LogP contribution in [0.2, 0.25) is 0 Å². The number of hydrogen-bond acceptors (Lipinski definition) is 7. The molecule has 1 aliphatic heterocycles. The number of nitrogens with zero attached hydrogens (tertiary/aromatic N) is 1. The van der Waals surface area contributed by atoms with Crippen molar-refractivity contribution in [2.75, 3.05) is 13.2 Å². The third-order valence-electron chi connectivity index (χ3n) is 5.06. The van der Waals surface area contributed by atoms with Gasteiger partial charge >= 0.3 is 0 Å². The van der Waals surface area contributed by atoms with Crippen LogP contribution in [0.1, 0.15) is 16.1 Å². The predicted octanol–water partition coefficient (Wildman–Crippen LogP) is 3.36. The Morgan fingerprint density at radius 1 is 0.938 bits per heavy atom. The number of carbonyl (C=O) groups is 1. The highest BCUT2D eigenvalue weighted by Crippen LogP contribution is 2.34. The molecule has 9 heteroatoms. The Balaban J connectivity index is 1.29. The van der Waals surface area contributed by atoms with Gasteiger partial charge in [0.05, 0.1) is 16.0 Å². The number of carbonyl (C=O) groups excluding carboxylic acids is 1. The Morgan fingerprint density at radius 3 is 2.47 bits per heavy atom. The summed E-state index contributed by atoms with van der Waals surface area (Å²) >= 11 is 0. The fourth-order valence-corrected chi connectivity index (χ4v) is 4.66. The smallest absolute Gasteiger partial charge is 0.287 e. The summed E-state index contributed by atoms with van der Waals surface area (Å²) in [5.41, 5.74) is 1.28. The van der Waals surface area contributed by atoms with Crippen LogP contribution in [0.15, 0.2) is 81.2 Å². The summed E-state index contributed by atoms with van der Waals surface area (Å²) in [6, 6.07) is 14.3. The maximum absolute atomic E-state index is 13.0. The summed E-state index contributed by atoms with van der Waals surface area (Å²) in [5.74, 6) is 0.764. The number of pyridine rings is 1. The van der Waals surface area contributed by atoms with Crippen molar-refractivity contribution in [2.45, 2.75) is 16.3 Å². The van der Waals surface area contributed by atoms with Crippen molar-refractivity contribution < 1.29 is 27.1 Å². The fourth-order valence-electron chi connectivity index (χ4n) is 3.38. The van der Waals surface area contributed by atoms with Gasteiger partial charge in [0.2, 0.25) is 9.84 Å². The van der Waals surface area contributed by atoms with E-state index in [2.05, 4.69) is 10.3 Å². The van der Waals surface area contributed by atoms with Crippen molar-refractivity contribution in [3.63, 3.8) is 0 Å². The van der Waals surface area contributed by atoms with Gasteiger partial charge in [-0.1, -0.05) is 12.1 Å². The fraction of sp³-hybridized carbons (Fsp3) is 0.130. The van der Waals surface area contributed by atoms with Crippen LogP contribution >= 0.6 is 0 Å². The van der Waals surface area contributed by atoms with Crippen molar-refractivity contribution in [1.29, 1.82) is 0 Å². The van der Waals surface area contributed by atoms with Gasteiger partial charge in [0.25, 0.3) is 5.91 Å². The first-order chi connectivity index (χ1) is 15.5. The number of ether oxygens (including phenoxy) is 2. The molecule has 0 fully saturated rings. The highest BCUT2D eigenvalue weighted by atomic mass is 32.2. The number of aromatic nitrogens is 1. The molecule has 0 unspecified atom stereocenters. The normalized spacial score (nSPS) is 13.1. The van der Waals surface area contributed by atoms with Gasteiger partial charge in [-0.25, -0.2) is 8.42 Å². The van der Waals surface area contributed by atoms with Crippen LogP contribution in [0.3, 0.4) is 0 Å². The molecule has 1 N–H and O–H groups in total. The quantitative estimate of drug-likeness (QED) is 0.497. The molecule has 32 heavy (non-hydrogen) atoms. The number of rotatable bonds is 5. The van der Waals surface area contributed by atoms with Gasteiger partial charge in [0.15, 0.2) is 22.8 Å². The first-order valence-corrected chi connectivity index (χ1v) is 11.3. The molecular weight excluding hydrogens is 432 g/mol. The summed E-state index contributed by atoms with van der Waals surface area (Å²) in [5, 5.41) is 3.56. The topological polar surface area (TPSA) is 108 Å². The van der Waals surface area contributed by atoms with Gasteiger partial charge in [-0.05, 0) is 42.0 Å². The summed E-state index contributed by atoms with van der Waals surface area (Å²) < 4.78 is 42.4. The lowest BCUT2D eigenvalue weighted by atomic mass is 10.2. The first kappa shape index (κ1) is 20.1. The van der Waals surface area contributed by atoms with Crippen molar-refractivity contribution in [2.24, 2.45) is 0 Å². The molecule has 4 aromatic rings. The Hall–Kier alpha value is -3.85. The van der Waals surface area contributed by atoms with E-state index in [-0.39, 0.29) is 28.0 Å². The molecule has 0 radical (unpaired) electrons. The van der Waals surface area contributed by atoms with Crippen molar-refractivity contribution in [1.82, 2.24) is 10.3 Å². The minimum Gasteiger partial charge on any atom is -0.486 e. The number of nitrogens with one attached hydrogen (secondary N) is 1. The molecular formula is C23H18N2O6S. The monoisotopic (exact) mass is 450 g/mol. The number of benzene rings is 2. The number of fused-ring (bicyclic) bond motifs is 2. The van der Waals surface area contributed by atoms with Crippen molar-refractivity contribution in [3.05, 3.63) is 78.3 Å². The zero-order valence-electron chi connectivity index (χ0n) is 16.8. The molecule has 5 rings (SSSR count). The van der Waals surface area contributed by atoms with Crippen molar-refractivity contribution >= 4 is 26.7 Å². The lowest BCUT2D eigenvalue weighted by Crippen LogP contribution is -2.22. The second kappa shape index (κ2) is 8.01. The molecule has 1 aliphatic rings.